The van der Waals surface area contributed by atoms with Gasteiger partial charge in [0.2, 0.25) is 0 Å². The first-order valence-electron chi connectivity index (χ1n) is 13.5. The maximum absolute atomic E-state index is 15.0. The highest BCUT2D eigenvalue weighted by Crippen LogP contribution is 2.44. The summed E-state index contributed by atoms with van der Waals surface area (Å²) in [4.78, 5) is 49.5. The topological polar surface area (TPSA) is 122 Å². The molecule has 214 valence electrons. The van der Waals surface area contributed by atoms with E-state index in [1.54, 1.807) is 43.9 Å². The number of ether oxygens (including phenoxy) is 2. The Morgan fingerprint density at radius 1 is 1.17 bits per heavy atom. The number of aromatic nitrogens is 1. The summed E-state index contributed by atoms with van der Waals surface area (Å²) in [5.74, 6) is -2.02. The molecule has 0 saturated carbocycles. The lowest BCUT2D eigenvalue weighted by Gasteiger charge is -2.34. The monoisotopic (exact) mass is 568 g/mol. The second-order valence-corrected chi connectivity index (χ2v) is 11.2. The molecule has 2 atom stereocenters. The summed E-state index contributed by atoms with van der Waals surface area (Å²) in [6.07, 6.45) is 2.75. The Bertz CT molecular complexity index is 1650. The van der Waals surface area contributed by atoms with Gasteiger partial charge in [-0.05, 0) is 69.5 Å². The van der Waals surface area contributed by atoms with E-state index in [0.29, 0.717) is 53.8 Å². The molecule has 2 aliphatic rings. The third kappa shape index (κ3) is 5.38. The highest BCUT2D eigenvalue weighted by atomic mass is 19.1. The Labute approximate surface area is 242 Å². The van der Waals surface area contributed by atoms with E-state index in [1.165, 1.54) is 37.6 Å². The summed E-state index contributed by atoms with van der Waals surface area (Å²) in [6.45, 7) is 5.74. The van der Waals surface area contributed by atoms with E-state index >= 15 is 0 Å². The molecule has 9 nitrogen and oxygen atoms in total. The van der Waals surface area contributed by atoms with Crippen LogP contribution in [0, 0.1) is 17.1 Å². The van der Waals surface area contributed by atoms with Crippen molar-refractivity contribution >= 4 is 29.6 Å². The number of methoxy groups -OCH3 is 1. The second kappa shape index (κ2) is 11.2. The number of hydrogen-bond acceptors (Lipinski definition) is 8. The van der Waals surface area contributed by atoms with Crippen LogP contribution in [0.15, 0.2) is 53.7 Å². The van der Waals surface area contributed by atoms with Crippen LogP contribution < -0.4 is 4.74 Å². The van der Waals surface area contributed by atoms with Gasteiger partial charge in [0, 0.05) is 29.4 Å². The Kier molecular flexibility index (Phi) is 7.61. The molecule has 3 aromatic rings. The zero-order valence-electron chi connectivity index (χ0n) is 23.7. The molecule has 3 heterocycles. The molecule has 1 fully saturated rings. The van der Waals surface area contributed by atoms with Crippen molar-refractivity contribution in [3.05, 3.63) is 76.9 Å². The summed E-state index contributed by atoms with van der Waals surface area (Å²) in [5.41, 5.74) is 1.97. The maximum Gasteiger partial charge on any atom is 0.410 e. The van der Waals surface area contributed by atoms with E-state index in [2.05, 4.69) is 11.1 Å². The number of aldehydes is 1. The van der Waals surface area contributed by atoms with Gasteiger partial charge >= 0.3 is 6.09 Å². The minimum atomic E-state index is -1.02. The molecule has 1 amide bonds. The number of nitrogens with zero attached hydrogens (tertiary/aromatic N) is 4. The number of nitriles is 1. The number of carbonyl (C=O) groups is 3. The van der Waals surface area contributed by atoms with E-state index in [4.69, 9.17) is 14.5 Å². The number of amides is 1. The Hall–Kier alpha value is -4.91. The molecular weight excluding hydrogens is 539 g/mol. The average Bonchev–Trinajstić information content (AvgIpc) is 3.46. The Morgan fingerprint density at radius 3 is 2.55 bits per heavy atom. The third-order valence-electron chi connectivity index (χ3n) is 7.25. The first-order chi connectivity index (χ1) is 20.0. The van der Waals surface area contributed by atoms with Crippen LogP contribution in [0.3, 0.4) is 0 Å². The molecule has 1 aromatic heterocycles. The van der Waals surface area contributed by atoms with Crippen LogP contribution >= 0.6 is 0 Å². The number of pyridine rings is 1. The zero-order valence-corrected chi connectivity index (χ0v) is 23.7. The first kappa shape index (κ1) is 28.6. The van der Waals surface area contributed by atoms with Gasteiger partial charge in [0.15, 0.2) is 23.6 Å². The van der Waals surface area contributed by atoms with Crippen LogP contribution in [-0.2, 0) is 4.74 Å². The molecule has 0 N–H and O–H groups in total. The van der Waals surface area contributed by atoms with Crippen molar-refractivity contribution in [2.75, 3.05) is 13.7 Å². The Morgan fingerprint density at radius 2 is 1.93 bits per heavy atom. The van der Waals surface area contributed by atoms with Gasteiger partial charge in [0.25, 0.3) is 0 Å². The molecule has 42 heavy (non-hydrogen) atoms. The standard InChI is InChI=1S/C32H29FN4O5/c1-32(2,3)42-31(40)37-11-5-6-25(37)29-27(19-8-10-26(41-4)24(33)14-19)30(39)23-13-18(15-34)12-22(28(23)36-29)20-7-9-21(17-38)35-16-20/h7-10,12-14,16-17,25,27H,5-6,11H2,1-4H3. The SMILES string of the molecule is COc1ccc(C2C(=O)c3cc(C#N)cc(-c4ccc(C=O)nc4)c3N=C2C2CCCN2C(=O)OC(C)(C)C)cc1F. The van der Waals surface area contributed by atoms with E-state index in [-0.39, 0.29) is 28.4 Å². The fraction of sp³-hybridized carbons (Fsp3) is 0.312. The van der Waals surface area contributed by atoms with Crippen molar-refractivity contribution in [1.82, 2.24) is 9.88 Å². The molecule has 1 saturated heterocycles. The minimum absolute atomic E-state index is 0.0254. The van der Waals surface area contributed by atoms with Gasteiger partial charge in [0.1, 0.15) is 11.3 Å². The number of Topliss-reactive ketones (excluding diaryl/α,β-unsaturated/α-hetero) is 1. The predicted octanol–water partition coefficient (Wildman–Crippen LogP) is 6.03. The fourth-order valence-corrected chi connectivity index (χ4v) is 5.41. The molecule has 0 radical (unpaired) electrons. The molecule has 2 aliphatic heterocycles. The van der Waals surface area contributed by atoms with Crippen molar-refractivity contribution in [3.8, 4) is 22.9 Å². The molecule has 0 bridgehead atoms. The van der Waals surface area contributed by atoms with Crippen molar-refractivity contribution in [2.24, 2.45) is 4.99 Å². The number of aliphatic imine (C=N–C) groups is 1. The quantitative estimate of drug-likeness (QED) is 0.344. The predicted molar refractivity (Wildman–Crippen MR) is 153 cm³/mol. The summed E-state index contributed by atoms with van der Waals surface area (Å²) in [7, 11) is 1.35. The van der Waals surface area contributed by atoms with Crippen LogP contribution in [0.5, 0.6) is 5.75 Å². The normalized spacial score (nSPS) is 18.1. The van der Waals surface area contributed by atoms with Crippen LogP contribution in [0.4, 0.5) is 14.9 Å². The summed E-state index contributed by atoms with van der Waals surface area (Å²) < 4.78 is 25.7. The lowest BCUT2D eigenvalue weighted by Crippen LogP contribution is -2.46. The number of ketones is 1. The van der Waals surface area contributed by atoms with Gasteiger partial charge in [-0.3, -0.25) is 24.5 Å². The van der Waals surface area contributed by atoms with E-state index in [1.807, 2.05) is 0 Å². The average molecular weight is 569 g/mol. The van der Waals surface area contributed by atoms with Gasteiger partial charge in [0.05, 0.1) is 42.1 Å². The van der Waals surface area contributed by atoms with Gasteiger partial charge < -0.3 is 9.47 Å². The molecule has 5 rings (SSSR count). The first-order valence-corrected chi connectivity index (χ1v) is 13.5. The molecule has 0 spiro atoms. The molecule has 10 heteroatoms. The summed E-state index contributed by atoms with van der Waals surface area (Å²) in [5, 5.41) is 9.79. The molecular formula is C32H29FN4O5. The summed E-state index contributed by atoms with van der Waals surface area (Å²) >= 11 is 0. The third-order valence-corrected chi connectivity index (χ3v) is 7.25. The maximum atomic E-state index is 15.0. The number of likely N-dealkylation sites (tertiary alicyclic amines) is 1. The minimum Gasteiger partial charge on any atom is -0.494 e. The number of rotatable bonds is 5. The van der Waals surface area contributed by atoms with Gasteiger partial charge in [-0.2, -0.15) is 5.26 Å². The molecule has 2 aromatic carbocycles. The lowest BCUT2D eigenvalue weighted by atomic mass is 9.79. The summed E-state index contributed by atoms with van der Waals surface area (Å²) in [6, 6.07) is 12.1. The number of fused-ring (bicyclic) bond motifs is 1. The van der Waals surface area contributed by atoms with Crippen molar-refractivity contribution in [3.63, 3.8) is 0 Å². The van der Waals surface area contributed by atoms with Crippen LogP contribution in [0.1, 0.15) is 71.5 Å². The number of carbonyl (C=O) groups excluding carboxylic acids is 3. The van der Waals surface area contributed by atoms with E-state index < -0.39 is 29.5 Å². The van der Waals surface area contributed by atoms with Crippen molar-refractivity contribution in [1.29, 1.82) is 5.26 Å². The van der Waals surface area contributed by atoms with Crippen LogP contribution in [0.2, 0.25) is 0 Å². The number of halogens is 1. The second-order valence-electron chi connectivity index (χ2n) is 11.2. The van der Waals surface area contributed by atoms with Crippen molar-refractivity contribution < 1.29 is 28.2 Å². The fourth-order valence-electron chi connectivity index (χ4n) is 5.41. The largest absolute Gasteiger partial charge is 0.494 e. The van der Waals surface area contributed by atoms with Crippen molar-refractivity contribution in [2.45, 2.75) is 51.2 Å². The van der Waals surface area contributed by atoms with Gasteiger partial charge in [-0.1, -0.05) is 12.1 Å². The van der Waals surface area contributed by atoms with Crippen LogP contribution in [0.25, 0.3) is 11.1 Å². The lowest BCUT2D eigenvalue weighted by molar-refractivity contribution is 0.0263. The van der Waals surface area contributed by atoms with Gasteiger partial charge in [-0.25, -0.2) is 9.18 Å². The highest BCUT2D eigenvalue weighted by molar-refractivity contribution is 6.24. The van der Waals surface area contributed by atoms with Crippen LogP contribution in [-0.4, -0.2) is 59.1 Å². The number of hydrogen-bond donors (Lipinski definition) is 0. The van der Waals surface area contributed by atoms with E-state index in [9.17, 15) is 24.0 Å². The van der Waals surface area contributed by atoms with Gasteiger partial charge in [-0.15, -0.1) is 0 Å². The zero-order chi connectivity index (χ0) is 30.2. The smallest absolute Gasteiger partial charge is 0.410 e. The highest BCUT2D eigenvalue weighted by Gasteiger charge is 2.44. The number of benzene rings is 2. The Balaban J connectivity index is 1.73. The van der Waals surface area contributed by atoms with E-state index in [0.717, 1.165) is 0 Å². The molecule has 2 unspecified atom stereocenters. The molecule has 0 aliphatic carbocycles.